The summed E-state index contributed by atoms with van der Waals surface area (Å²) in [4.78, 5) is 2.05. The van der Waals surface area contributed by atoms with E-state index in [1.807, 2.05) is 12.1 Å². The van der Waals surface area contributed by atoms with Gasteiger partial charge in [0.15, 0.2) is 9.84 Å². The summed E-state index contributed by atoms with van der Waals surface area (Å²) in [5, 5.41) is 0. The van der Waals surface area contributed by atoms with Crippen molar-refractivity contribution in [2.24, 2.45) is 0 Å². The van der Waals surface area contributed by atoms with Crippen molar-refractivity contribution in [3.05, 3.63) is 59.8 Å². The van der Waals surface area contributed by atoms with Gasteiger partial charge in [-0.05, 0) is 36.2 Å². The van der Waals surface area contributed by atoms with E-state index in [4.69, 9.17) is 4.42 Å². The first-order valence-electron chi connectivity index (χ1n) is 7.23. The fraction of sp³-hybridized carbons (Fsp3) is 0.375. The summed E-state index contributed by atoms with van der Waals surface area (Å²) in [5.74, 6) is 0.869. The van der Waals surface area contributed by atoms with Crippen LogP contribution in [0.4, 0.5) is 4.39 Å². The lowest BCUT2D eigenvalue weighted by molar-refractivity contribution is 0.179. The third kappa shape index (κ3) is 3.75. The van der Waals surface area contributed by atoms with Gasteiger partial charge >= 0.3 is 0 Å². The zero-order valence-electron chi connectivity index (χ0n) is 12.1. The molecule has 1 aliphatic heterocycles. The van der Waals surface area contributed by atoms with E-state index in [9.17, 15) is 12.8 Å². The Bertz CT molecular complexity index is 728. The number of benzene rings is 1. The highest BCUT2D eigenvalue weighted by molar-refractivity contribution is 7.91. The molecule has 1 fully saturated rings. The van der Waals surface area contributed by atoms with Crippen LogP contribution in [0.2, 0.25) is 0 Å². The molecule has 0 bridgehead atoms. The van der Waals surface area contributed by atoms with Crippen LogP contribution in [-0.2, 0) is 22.9 Å². The molecular weight excluding hydrogens is 305 g/mol. The first kappa shape index (κ1) is 15.2. The third-order valence-electron chi connectivity index (χ3n) is 3.94. The van der Waals surface area contributed by atoms with Crippen molar-refractivity contribution in [1.82, 2.24) is 4.90 Å². The Kier molecular flexibility index (Phi) is 4.31. The number of sulfone groups is 1. The second-order valence-electron chi connectivity index (χ2n) is 5.67. The predicted octanol–water partition coefficient (Wildman–Crippen LogP) is 2.61. The van der Waals surface area contributed by atoms with E-state index in [-0.39, 0.29) is 23.4 Å². The molecule has 2 heterocycles. The van der Waals surface area contributed by atoms with E-state index in [2.05, 4.69) is 4.90 Å². The zero-order valence-corrected chi connectivity index (χ0v) is 12.9. The summed E-state index contributed by atoms with van der Waals surface area (Å²) in [5.41, 5.74) is 0.829. The van der Waals surface area contributed by atoms with Crippen molar-refractivity contribution in [2.45, 2.75) is 25.6 Å². The number of halogens is 1. The molecule has 3 rings (SSSR count). The van der Waals surface area contributed by atoms with E-state index in [0.717, 1.165) is 11.3 Å². The van der Waals surface area contributed by atoms with Gasteiger partial charge in [-0.25, -0.2) is 12.8 Å². The fourth-order valence-corrected chi connectivity index (χ4v) is 4.61. The molecule has 1 aliphatic rings. The standard InChI is InChI=1S/C16H18FNO3S/c17-14-4-1-3-13(9-14)10-18(11-16-5-2-7-21-16)15-6-8-22(19,20)12-15/h1-5,7,9,15H,6,8,10-12H2/t15-/m0/s1. The molecule has 1 atom stereocenters. The molecule has 2 aromatic rings. The summed E-state index contributed by atoms with van der Waals surface area (Å²) < 4.78 is 42.2. The maximum absolute atomic E-state index is 13.4. The van der Waals surface area contributed by atoms with Crippen LogP contribution in [0.15, 0.2) is 47.1 Å². The van der Waals surface area contributed by atoms with Crippen molar-refractivity contribution >= 4 is 9.84 Å². The average molecular weight is 323 g/mol. The molecule has 1 aromatic carbocycles. The second-order valence-corrected chi connectivity index (χ2v) is 7.90. The Hall–Kier alpha value is -1.66. The molecule has 1 saturated heterocycles. The van der Waals surface area contributed by atoms with Crippen molar-refractivity contribution < 1.29 is 17.2 Å². The van der Waals surface area contributed by atoms with Crippen molar-refractivity contribution in [1.29, 1.82) is 0 Å². The predicted molar refractivity (Wildman–Crippen MR) is 81.4 cm³/mol. The summed E-state index contributed by atoms with van der Waals surface area (Å²) in [6, 6.07) is 10.0. The van der Waals surface area contributed by atoms with Crippen LogP contribution in [0.5, 0.6) is 0 Å². The minimum Gasteiger partial charge on any atom is -0.468 e. The van der Waals surface area contributed by atoms with Crippen molar-refractivity contribution in [2.75, 3.05) is 11.5 Å². The van der Waals surface area contributed by atoms with E-state index < -0.39 is 9.84 Å². The molecule has 0 radical (unpaired) electrons. The van der Waals surface area contributed by atoms with Crippen LogP contribution in [0.25, 0.3) is 0 Å². The number of hydrogen-bond acceptors (Lipinski definition) is 4. The van der Waals surface area contributed by atoms with Gasteiger partial charge in [0.05, 0.1) is 24.3 Å². The molecular formula is C16H18FNO3S. The first-order chi connectivity index (χ1) is 10.5. The molecule has 1 aromatic heterocycles. The Balaban J connectivity index is 1.79. The van der Waals surface area contributed by atoms with Crippen molar-refractivity contribution in [3.63, 3.8) is 0 Å². The van der Waals surface area contributed by atoms with Crippen LogP contribution in [0.3, 0.4) is 0 Å². The molecule has 0 N–H and O–H groups in total. The number of hydrogen-bond donors (Lipinski definition) is 0. The van der Waals surface area contributed by atoms with Gasteiger partial charge in [0.1, 0.15) is 11.6 Å². The van der Waals surface area contributed by atoms with Gasteiger partial charge in [-0.3, -0.25) is 4.90 Å². The minimum atomic E-state index is -2.97. The average Bonchev–Trinajstić information content (AvgIpc) is 3.07. The largest absolute Gasteiger partial charge is 0.468 e. The highest BCUT2D eigenvalue weighted by atomic mass is 32.2. The van der Waals surface area contributed by atoms with Gasteiger partial charge in [-0.1, -0.05) is 12.1 Å². The van der Waals surface area contributed by atoms with Gasteiger partial charge in [-0.15, -0.1) is 0 Å². The molecule has 118 valence electrons. The number of furan rings is 1. The molecule has 22 heavy (non-hydrogen) atoms. The normalized spacial score (nSPS) is 20.5. The minimum absolute atomic E-state index is 0.0571. The first-order valence-corrected chi connectivity index (χ1v) is 9.05. The Labute approximate surface area is 129 Å². The SMILES string of the molecule is O=S1(=O)CC[C@H](N(Cc2cccc(F)c2)Cc2ccco2)C1. The maximum atomic E-state index is 13.4. The lowest BCUT2D eigenvalue weighted by atomic mass is 10.1. The van der Waals surface area contributed by atoms with Crippen LogP contribution in [-0.4, -0.2) is 30.9 Å². The summed E-state index contributed by atoms with van der Waals surface area (Å²) >= 11 is 0. The van der Waals surface area contributed by atoms with Crippen LogP contribution >= 0.6 is 0 Å². The summed E-state index contributed by atoms with van der Waals surface area (Å²) in [6.45, 7) is 1.02. The molecule has 0 saturated carbocycles. The zero-order chi connectivity index (χ0) is 15.6. The Morgan fingerprint density at radius 1 is 1.23 bits per heavy atom. The highest BCUT2D eigenvalue weighted by Gasteiger charge is 2.32. The molecule has 4 nitrogen and oxygen atoms in total. The number of nitrogens with zero attached hydrogens (tertiary/aromatic N) is 1. The lowest BCUT2D eigenvalue weighted by Crippen LogP contribution is -2.35. The highest BCUT2D eigenvalue weighted by Crippen LogP contribution is 2.22. The Morgan fingerprint density at radius 3 is 2.73 bits per heavy atom. The van der Waals surface area contributed by atoms with Crippen LogP contribution in [0.1, 0.15) is 17.7 Å². The van der Waals surface area contributed by atoms with E-state index >= 15 is 0 Å². The molecule has 0 spiro atoms. The van der Waals surface area contributed by atoms with Crippen molar-refractivity contribution in [3.8, 4) is 0 Å². The summed E-state index contributed by atoms with van der Waals surface area (Å²) in [7, 11) is -2.97. The fourth-order valence-electron chi connectivity index (χ4n) is 2.85. The van der Waals surface area contributed by atoms with Gasteiger partial charge in [0, 0.05) is 12.6 Å². The van der Waals surface area contributed by atoms with Crippen LogP contribution < -0.4 is 0 Å². The summed E-state index contributed by atoms with van der Waals surface area (Å²) in [6.07, 6.45) is 2.21. The van der Waals surface area contributed by atoms with Gasteiger partial charge in [0.2, 0.25) is 0 Å². The smallest absolute Gasteiger partial charge is 0.151 e. The van der Waals surface area contributed by atoms with Gasteiger partial charge < -0.3 is 4.42 Å². The monoisotopic (exact) mass is 323 g/mol. The molecule has 0 aliphatic carbocycles. The van der Waals surface area contributed by atoms with Gasteiger partial charge in [-0.2, -0.15) is 0 Å². The van der Waals surface area contributed by atoms with Crippen LogP contribution in [0, 0.1) is 5.82 Å². The van der Waals surface area contributed by atoms with E-state index in [1.54, 1.807) is 18.4 Å². The lowest BCUT2D eigenvalue weighted by Gasteiger charge is -2.27. The van der Waals surface area contributed by atoms with E-state index in [1.165, 1.54) is 12.1 Å². The number of rotatable bonds is 5. The molecule has 6 heteroatoms. The molecule has 0 unspecified atom stereocenters. The third-order valence-corrected chi connectivity index (χ3v) is 5.69. The van der Waals surface area contributed by atoms with Gasteiger partial charge in [0.25, 0.3) is 0 Å². The topological polar surface area (TPSA) is 50.5 Å². The molecule has 0 amide bonds. The maximum Gasteiger partial charge on any atom is 0.151 e. The quantitative estimate of drug-likeness (QED) is 0.849. The Morgan fingerprint density at radius 2 is 2.09 bits per heavy atom. The van der Waals surface area contributed by atoms with E-state index in [0.29, 0.717) is 19.5 Å². The second kappa shape index (κ2) is 6.22.